The number of likely N-dealkylation sites (N-methyl/N-ethyl adjacent to an activating group) is 1. The van der Waals surface area contributed by atoms with Crippen LogP contribution in [-0.2, 0) is 4.79 Å². The number of aromatic carboxylic acids is 1. The van der Waals surface area contributed by atoms with Gasteiger partial charge in [-0.05, 0) is 71.9 Å². The van der Waals surface area contributed by atoms with Crippen molar-refractivity contribution in [2.24, 2.45) is 4.99 Å². The summed E-state index contributed by atoms with van der Waals surface area (Å²) in [5.41, 5.74) is 1.33. The number of hydrogen-bond donors (Lipinski definition) is 1. The number of nitrogens with zero attached hydrogens (tertiary/aromatic N) is 2. The summed E-state index contributed by atoms with van der Waals surface area (Å²) in [6, 6.07) is 9.91. The van der Waals surface area contributed by atoms with Gasteiger partial charge in [-0.15, -0.1) is 0 Å². The molecule has 1 aliphatic rings. The predicted molar refractivity (Wildman–Crippen MR) is 125 cm³/mol. The Labute approximate surface area is 192 Å². The van der Waals surface area contributed by atoms with Crippen LogP contribution in [0.15, 0.2) is 50.8 Å². The minimum Gasteiger partial charge on any atom is -0.493 e. The first kappa shape index (κ1) is 22.9. The summed E-state index contributed by atoms with van der Waals surface area (Å²) >= 11 is 4.72. The maximum atomic E-state index is 12.8. The Morgan fingerprint density at radius 2 is 1.90 bits per heavy atom. The molecule has 162 valence electrons. The molecule has 1 N–H and O–H groups in total. The SMILES string of the molecule is CCOc1cc(OCC)c(/C=C2\SC(=Nc3cccc(C(=O)O)c3)N(C)C2=O)cc1Br. The van der Waals surface area contributed by atoms with Gasteiger partial charge in [-0.25, -0.2) is 9.79 Å². The molecule has 3 rings (SSSR count). The van der Waals surface area contributed by atoms with Crippen molar-refractivity contribution in [3.05, 3.63) is 56.9 Å². The van der Waals surface area contributed by atoms with Crippen molar-refractivity contribution in [3.63, 3.8) is 0 Å². The number of rotatable bonds is 7. The Morgan fingerprint density at radius 1 is 1.19 bits per heavy atom. The van der Waals surface area contributed by atoms with Crippen LogP contribution in [0.2, 0.25) is 0 Å². The molecular formula is C22H21BrN2O5S. The summed E-state index contributed by atoms with van der Waals surface area (Å²) in [7, 11) is 1.63. The zero-order valence-corrected chi connectivity index (χ0v) is 19.6. The number of aliphatic imine (C=N–C) groups is 1. The van der Waals surface area contributed by atoms with Crippen LogP contribution in [0, 0.1) is 0 Å². The Kier molecular flexibility index (Phi) is 7.40. The van der Waals surface area contributed by atoms with E-state index in [1.54, 1.807) is 31.3 Å². The molecule has 2 aromatic rings. The van der Waals surface area contributed by atoms with Crippen molar-refractivity contribution in [1.82, 2.24) is 4.90 Å². The van der Waals surface area contributed by atoms with Crippen molar-refractivity contribution in [3.8, 4) is 11.5 Å². The molecule has 0 unspecified atom stereocenters. The number of ether oxygens (including phenoxy) is 2. The third-order valence-electron chi connectivity index (χ3n) is 4.27. The van der Waals surface area contributed by atoms with Gasteiger partial charge in [0.15, 0.2) is 5.17 Å². The Bertz CT molecular complexity index is 1080. The maximum absolute atomic E-state index is 12.8. The zero-order valence-electron chi connectivity index (χ0n) is 17.2. The molecule has 1 fully saturated rings. The summed E-state index contributed by atoms with van der Waals surface area (Å²) in [5.74, 6) is 0.0368. The fourth-order valence-corrected chi connectivity index (χ4v) is 4.27. The van der Waals surface area contributed by atoms with E-state index in [-0.39, 0.29) is 11.5 Å². The summed E-state index contributed by atoms with van der Waals surface area (Å²) in [5, 5.41) is 9.62. The number of carboxylic acid groups (broad SMARTS) is 1. The lowest BCUT2D eigenvalue weighted by molar-refractivity contribution is -0.121. The second-order valence-corrected chi connectivity index (χ2v) is 8.27. The quantitative estimate of drug-likeness (QED) is 0.522. The molecule has 31 heavy (non-hydrogen) atoms. The van der Waals surface area contributed by atoms with E-state index in [1.165, 1.54) is 28.8 Å². The Morgan fingerprint density at radius 3 is 2.58 bits per heavy atom. The molecule has 1 heterocycles. The van der Waals surface area contributed by atoms with Crippen molar-refractivity contribution in [2.45, 2.75) is 13.8 Å². The normalized spacial score (nSPS) is 16.3. The van der Waals surface area contributed by atoms with Crippen molar-refractivity contribution < 1.29 is 24.2 Å². The van der Waals surface area contributed by atoms with Crippen molar-refractivity contribution in [1.29, 1.82) is 0 Å². The number of halogens is 1. The smallest absolute Gasteiger partial charge is 0.335 e. The zero-order chi connectivity index (χ0) is 22.5. The molecule has 1 aliphatic heterocycles. The second kappa shape index (κ2) is 10.0. The van der Waals surface area contributed by atoms with Crippen LogP contribution >= 0.6 is 27.7 Å². The first-order valence-corrected chi connectivity index (χ1v) is 11.1. The van der Waals surface area contributed by atoms with Gasteiger partial charge < -0.3 is 14.6 Å². The lowest BCUT2D eigenvalue weighted by Crippen LogP contribution is -2.23. The monoisotopic (exact) mass is 504 g/mol. The standard InChI is InChI=1S/C22H21BrN2O5S/c1-4-29-17-12-18(30-5-2)16(23)10-14(17)11-19-20(26)25(3)22(31-19)24-15-8-6-7-13(9-15)21(27)28/h6-12H,4-5H2,1-3H3,(H,27,28)/b19-11-,24-22?. The first-order valence-electron chi connectivity index (χ1n) is 9.52. The van der Waals surface area contributed by atoms with Crippen LogP contribution in [0.5, 0.6) is 11.5 Å². The van der Waals surface area contributed by atoms with Crippen LogP contribution in [0.4, 0.5) is 5.69 Å². The molecule has 0 spiro atoms. The summed E-state index contributed by atoms with van der Waals surface area (Å²) in [4.78, 5) is 30.4. The summed E-state index contributed by atoms with van der Waals surface area (Å²) in [6.45, 7) is 4.78. The number of hydrogen-bond acceptors (Lipinski definition) is 6. The molecule has 0 radical (unpaired) electrons. The van der Waals surface area contributed by atoms with E-state index in [2.05, 4.69) is 20.9 Å². The minimum absolute atomic E-state index is 0.134. The molecule has 7 nitrogen and oxygen atoms in total. The Balaban J connectivity index is 1.96. The molecule has 0 aromatic heterocycles. The number of carboxylic acids is 1. The van der Waals surface area contributed by atoms with Crippen LogP contribution in [0.3, 0.4) is 0 Å². The fraction of sp³-hybridized carbons (Fsp3) is 0.227. The van der Waals surface area contributed by atoms with Gasteiger partial charge >= 0.3 is 5.97 Å². The highest BCUT2D eigenvalue weighted by molar-refractivity contribution is 9.10. The molecule has 1 saturated heterocycles. The van der Waals surface area contributed by atoms with Crippen LogP contribution in [0.1, 0.15) is 29.8 Å². The van der Waals surface area contributed by atoms with Gasteiger partial charge in [-0.1, -0.05) is 6.07 Å². The fourth-order valence-electron chi connectivity index (χ4n) is 2.82. The van der Waals surface area contributed by atoms with Crippen molar-refractivity contribution in [2.75, 3.05) is 20.3 Å². The topological polar surface area (TPSA) is 88.4 Å². The highest BCUT2D eigenvalue weighted by Gasteiger charge is 2.31. The van der Waals surface area contributed by atoms with E-state index in [0.717, 1.165) is 10.0 Å². The third kappa shape index (κ3) is 5.29. The largest absolute Gasteiger partial charge is 0.493 e. The van der Waals surface area contributed by atoms with E-state index in [1.807, 2.05) is 19.9 Å². The van der Waals surface area contributed by atoms with Gasteiger partial charge in [0.1, 0.15) is 11.5 Å². The Hall–Kier alpha value is -2.78. The van der Waals surface area contributed by atoms with Gasteiger partial charge in [-0.3, -0.25) is 9.69 Å². The number of carbonyl (C=O) groups excluding carboxylic acids is 1. The number of thioether (sulfide) groups is 1. The van der Waals surface area contributed by atoms with E-state index < -0.39 is 5.97 Å². The number of carbonyl (C=O) groups is 2. The maximum Gasteiger partial charge on any atom is 0.335 e. The van der Waals surface area contributed by atoms with Gasteiger partial charge in [0.05, 0.1) is 33.8 Å². The molecule has 9 heteroatoms. The molecule has 0 atom stereocenters. The molecule has 0 bridgehead atoms. The first-order chi connectivity index (χ1) is 14.8. The number of amidine groups is 1. The molecular weight excluding hydrogens is 484 g/mol. The lowest BCUT2D eigenvalue weighted by atomic mass is 10.1. The summed E-state index contributed by atoms with van der Waals surface area (Å²) < 4.78 is 12.1. The molecule has 0 saturated carbocycles. The second-order valence-electron chi connectivity index (χ2n) is 6.41. The average molecular weight is 505 g/mol. The third-order valence-corrected chi connectivity index (χ3v) is 5.95. The number of amides is 1. The van der Waals surface area contributed by atoms with E-state index in [9.17, 15) is 9.59 Å². The number of benzene rings is 2. The minimum atomic E-state index is -1.03. The highest BCUT2D eigenvalue weighted by atomic mass is 79.9. The van der Waals surface area contributed by atoms with Crippen LogP contribution < -0.4 is 9.47 Å². The van der Waals surface area contributed by atoms with E-state index >= 15 is 0 Å². The van der Waals surface area contributed by atoms with E-state index in [0.29, 0.717) is 40.5 Å². The highest BCUT2D eigenvalue weighted by Crippen LogP contribution is 2.38. The van der Waals surface area contributed by atoms with Gasteiger partial charge in [0, 0.05) is 18.7 Å². The van der Waals surface area contributed by atoms with Gasteiger partial charge in [-0.2, -0.15) is 0 Å². The summed E-state index contributed by atoms with van der Waals surface area (Å²) in [6.07, 6.45) is 1.76. The molecule has 1 amide bonds. The van der Waals surface area contributed by atoms with Crippen LogP contribution in [0.25, 0.3) is 6.08 Å². The van der Waals surface area contributed by atoms with E-state index in [4.69, 9.17) is 14.6 Å². The molecule has 0 aliphatic carbocycles. The predicted octanol–water partition coefficient (Wildman–Crippen LogP) is 5.18. The lowest BCUT2D eigenvalue weighted by Gasteiger charge is -2.12. The molecule has 2 aromatic carbocycles. The van der Waals surface area contributed by atoms with Gasteiger partial charge in [0.25, 0.3) is 5.91 Å². The van der Waals surface area contributed by atoms with Gasteiger partial charge in [0.2, 0.25) is 0 Å². The van der Waals surface area contributed by atoms with Crippen LogP contribution in [-0.4, -0.2) is 47.3 Å². The van der Waals surface area contributed by atoms with Crippen molar-refractivity contribution >= 4 is 56.5 Å². The average Bonchev–Trinajstić information content (AvgIpc) is 2.99.